The number of anilines is 4. The molecule has 0 amide bonds. The Balaban J connectivity index is 2.14. The van der Waals surface area contributed by atoms with Crippen molar-refractivity contribution in [2.75, 3.05) is 22.9 Å². The first-order valence-corrected chi connectivity index (χ1v) is 6.95. The summed E-state index contributed by atoms with van der Waals surface area (Å²) in [4.78, 5) is 8.32. The zero-order valence-electron chi connectivity index (χ0n) is 11.4. The van der Waals surface area contributed by atoms with Gasteiger partial charge in [0.1, 0.15) is 12.0 Å². The minimum Gasteiger partial charge on any atom is -0.393 e. The number of nitrogens with two attached hydrogens (primary N) is 1. The van der Waals surface area contributed by atoms with E-state index in [1.165, 1.54) is 6.33 Å². The van der Waals surface area contributed by atoms with Gasteiger partial charge in [0.25, 0.3) is 0 Å². The lowest BCUT2D eigenvalue weighted by atomic mass is 10.3. The second-order valence-electron chi connectivity index (χ2n) is 4.40. The lowest BCUT2D eigenvalue weighted by Crippen LogP contribution is -2.09. The minimum atomic E-state index is 0.503. The lowest BCUT2D eigenvalue weighted by molar-refractivity contribution is 0.831. The first kappa shape index (κ1) is 14.4. The summed E-state index contributed by atoms with van der Waals surface area (Å²) in [6, 6.07) is 7.39. The molecule has 0 bridgehead atoms. The van der Waals surface area contributed by atoms with Crippen molar-refractivity contribution in [3.05, 3.63) is 35.6 Å². The average molecular weight is 292 g/mol. The molecule has 2 aromatic rings. The predicted octanol–water partition coefficient (Wildman–Crippen LogP) is 3.67. The Labute approximate surface area is 123 Å². The molecule has 4 N–H and O–H groups in total. The Morgan fingerprint density at radius 3 is 2.80 bits per heavy atom. The largest absolute Gasteiger partial charge is 0.393 e. The monoisotopic (exact) mass is 291 g/mol. The Morgan fingerprint density at radius 2 is 2.05 bits per heavy atom. The molecule has 0 aliphatic carbocycles. The van der Waals surface area contributed by atoms with Gasteiger partial charge < -0.3 is 16.4 Å². The molecule has 1 aromatic carbocycles. The van der Waals surface area contributed by atoms with E-state index in [4.69, 9.17) is 17.3 Å². The first-order valence-electron chi connectivity index (χ1n) is 6.57. The molecule has 0 radical (unpaired) electrons. The summed E-state index contributed by atoms with van der Waals surface area (Å²) >= 11 is 5.95. The maximum Gasteiger partial charge on any atom is 0.159 e. The van der Waals surface area contributed by atoms with Gasteiger partial charge in [0.2, 0.25) is 0 Å². The molecule has 0 atom stereocenters. The second kappa shape index (κ2) is 6.96. The summed E-state index contributed by atoms with van der Waals surface area (Å²) in [7, 11) is 0. The van der Waals surface area contributed by atoms with Gasteiger partial charge in [0.15, 0.2) is 11.6 Å². The lowest BCUT2D eigenvalue weighted by Gasteiger charge is -2.12. The number of halogens is 1. The molecule has 1 heterocycles. The number of nitrogens with one attached hydrogen (secondary N) is 2. The van der Waals surface area contributed by atoms with Crippen LogP contribution >= 0.6 is 11.6 Å². The van der Waals surface area contributed by atoms with Crippen LogP contribution in [-0.2, 0) is 0 Å². The maximum atomic E-state index is 6.07. The fourth-order valence-corrected chi connectivity index (χ4v) is 1.91. The highest BCUT2D eigenvalue weighted by atomic mass is 35.5. The van der Waals surface area contributed by atoms with Gasteiger partial charge in [-0.15, -0.1) is 0 Å². The van der Waals surface area contributed by atoms with Crippen molar-refractivity contribution in [3.8, 4) is 0 Å². The van der Waals surface area contributed by atoms with Crippen LogP contribution in [0.5, 0.6) is 0 Å². The van der Waals surface area contributed by atoms with E-state index in [9.17, 15) is 0 Å². The van der Waals surface area contributed by atoms with Crippen LogP contribution in [0, 0.1) is 0 Å². The quantitative estimate of drug-likeness (QED) is 0.708. The number of rotatable bonds is 6. The minimum absolute atomic E-state index is 0.503. The number of unbranched alkanes of at least 4 members (excludes halogenated alkanes) is 1. The van der Waals surface area contributed by atoms with Crippen molar-refractivity contribution in [1.82, 2.24) is 9.97 Å². The third-order valence-electron chi connectivity index (χ3n) is 2.79. The Hall–Kier alpha value is -2.01. The molecule has 0 spiro atoms. The van der Waals surface area contributed by atoms with Crippen LogP contribution in [0.4, 0.5) is 23.0 Å². The molecule has 20 heavy (non-hydrogen) atoms. The fourth-order valence-electron chi connectivity index (χ4n) is 1.72. The molecule has 6 heteroatoms. The molecular formula is C14H18ClN5. The summed E-state index contributed by atoms with van der Waals surface area (Å²) < 4.78 is 0. The summed E-state index contributed by atoms with van der Waals surface area (Å²) in [6.45, 7) is 2.98. The number of hydrogen-bond acceptors (Lipinski definition) is 5. The number of benzene rings is 1. The normalized spacial score (nSPS) is 10.3. The van der Waals surface area contributed by atoms with E-state index in [2.05, 4.69) is 27.5 Å². The summed E-state index contributed by atoms with van der Waals surface area (Å²) in [5.74, 6) is 1.22. The van der Waals surface area contributed by atoms with E-state index >= 15 is 0 Å². The smallest absolute Gasteiger partial charge is 0.159 e. The number of nitrogen functional groups attached to an aromatic ring is 1. The van der Waals surface area contributed by atoms with Crippen molar-refractivity contribution >= 4 is 34.6 Å². The molecule has 2 rings (SSSR count). The van der Waals surface area contributed by atoms with E-state index in [1.54, 1.807) is 0 Å². The number of aromatic nitrogens is 2. The highest BCUT2D eigenvalue weighted by Gasteiger charge is 2.07. The molecule has 0 aliphatic heterocycles. The molecule has 5 nitrogen and oxygen atoms in total. The van der Waals surface area contributed by atoms with Gasteiger partial charge in [-0.2, -0.15) is 0 Å². The van der Waals surface area contributed by atoms with E-state index in [-0.39, 0.29) is 0 Å². The van der Waals surface area contributed by atoms with Crippen LogP contribution in [0.15, 0.2) is 30.6 Å². The van der Waals surface area contributed by atoms with E-state index in [1.807, 2.05) is 24.3 Å². The Morgan fingerprint density at radius 1 is 1.25 bits per heavy atom. The van der Waals surface area contributed by atoms with E-state index in [0.717, 1.165) is 25.1 Å². The van der Waals surface area contributed by atoms with Crippen molar-refractivity contribution in [2.24, 2.45) is 0 Å². The van der Waals surface area contributed by atoms with Crippen LogP contribution in [0.3, 0.4) is 0 Å². The third-order valence-corrected chi connectivity index (χ3v) is 3.03. The third kappa shape index (κ3) is 3.74. The van der Waals surface area contributed by atoms with Gasteiger partial charge in [0, 0.05) is 17.3 Å². The van der Waals surface area contributed by atoms with Crippen LogP contribution in [0.25, 0.3) is 0 Å². The zero-order chi connectivity index (χ0) is 14.4. The molecule has 0 unspecified atom stereocenters. The van der Waals surface area contributed by atoms with Gasteiger partial charge in [-0.3, -0.25) is 0 Å². The van der Waals surface area contributed by atoms with E-state index < -0.39 is 0 Å². The topological polar surface area (TPSA) is 75.9 Å². The summed E-state index contributed by atoms with van der Waals surface area (Å²) in [5, 5.41) is 7.01. The molecule has 0 aliphatic rings. The van der Waals surface area contributed by atoms with Crippen molar-refractivity contribution in [1.29, 1.82) is 0 Å². The molecule has 0 fully saturated rings. The predicted molar refractivity (Wildman–Crippen MR) is 84.6 cm³/mol. The van der Waals surface area contributed by atoms with Crippen LogP contribution in [0.1, 0.15) is 19.8 Å². The summed E-state index contributed by atoms with van der Waals surface area (Å²) in [5.41, 5.74) is 7.41. The Bertz CT molecular complexity index is 573. The fraction of sp³-hybridized carbons (Fsp3) is 0.286. The maximum absolute atomic E-state index is 6.07. The van der Waals surface area contributed by atoms with E-state index in [0.29, 0.717) is 22.3 Å². The summed E-state index contributed by atoms with van der Waals surface area (Å²) in [6.07, 6.45) is 3.67. The Kier molecular flexibility index (Phi) is 5.01. The van der Waals surface area contributed by atoms with Gasteiger partial charge in [-0.25, -0.2) is 9.97 Å². The highest BCUT2D eigenvalue weighted by molar-refractivity contribution is 6.30. The molecule has 0 saturated carbocycles. The molecule has 106 valence electrons. The van der Waals surface area contributed by atoms with Crippen LogP contribution in [-0.4, -0.2) is 16.5 Å². The standard InChI is InChI=1S/C14H18ClN5/c1-2-3-7-17-13-12(16)14(19-9-18-13)20-11-6-4-5-10(15)8-11/h4-6,8-9H,2-3,7,16H2,1H3,(H2,17,18,19,20). The molecule has 0 saturated heterocycles. The average Bonchev–Trinajstić information content (AvgIpc) is 2.43. The van der Waals surface area contributed by atoms with Crippen LogP contribution < -0.4 is 16.4 Å². The van der Waals surface area contributed by atoms with Crippen LogP contribution in [0.2, 0.25) is 5.02 Å². The highest BCUT2D eigenvalue weighted by Crippen LogP contribution is 2.26. The van der Waals surface area contributed by atoms with Gasteiger partial charge in [-0.05, 0) is 24.6 Å². The van der Waals surface area contributed by atoms with Crippen molar-refractivity contribution < 1.29 is 0 Å². The van der Waals surface area contributed by atoms with Gasteiger partial charge in [0.05, 0.1) is 0 Å². The first-order chi connectivity index (χ1) is 9.70. The zero-order valence-corrected chi connectivity index (χ0v) is 12.1. The van der Waals surface area contributed by atoms with Gasteiger partial charge in [-0.1, -0.05) is 31.0 Å². The number of nitrogens with zero attached hydrogens (tertiary/aromatic N) is 2. The number of hydrogen-bond donors (Lipinski definition) is 3. The second-order valence-corrected chi connectivity index (χ2v) is 4.84. The van der Waals surface area contributed by atoms with Gasteiger partial charge >= 0.3 is 0 Å². The van der Waals surface area contributed by atoms with Crippen molar-refractivity contribution in [2.45, 2.75) is 19.8 Å². The SMILES string of the molecule is CCCCNc1ncnc(Nc2cccc(Cl)c2)c1N. The molecular weight excluding hydrogens is 274 g/mol. The molecule has 1 aromatic heterocycles. The van der Waals surface area contributed by atoms with Crippen molar-refractivity contribution in [3.63, 3.8) is 0 Å².